The molecule has 0 amide bonds. The van der Waals surface area contributed by atoms with Gasteiger partial charge >= 0.3 is 0 Å². The Bertz CT molecular complexity index is 95.4. The van der Waals surface area contributed by atoms with Crippen LogP contribution >= 0.6 is 0 Å². The number of aliphatic hydroxyl groups excluding tert-OH is 1. The van der Waals surface area contributed by atoms with Crippen molar-refractivity contribution in [3.05, 3.63) is 37.5 Å². The molecule has 10 heavy (non-hydrogen) atoms. The van der Waals surface area contributed by atoms with Crippen molar-refractivity contribution >= 4 is 0 Å². The van der Waals surface area contributed by atoms with Crippen LogP contribution in [0.25, 0.3) is 0 Å². The molecule has 0 aromatic rings. The van der Waals surface area contributed by atoms with Crippen LogP contribution in [0.1, 0.15) is 6.92 Å². The third-order valence-corrected chi connectivity index (χ3v) is 0.816. The first kappa shape index (κ1) is 16.1. The second-order valence-electron chi connectivity index (χ2n) is 1.23. The van der Waals surface area contributed by atoms with Gasteiger partial charge in [0.15, 0.2) is 0 Å². The van der Waals surface area contributed by atoms with Crippen molar-refractivity contribution in [1.82, 2.24) is 0 Å². The van der Waals surface area contributed by atoms with E-state index in [0.29, 0.717) is 0 Å². The van der Waals surface area contributed by atoms with Gasteiger partial charge in [-0.3, -0.25) is 0 Å². The van der Waals surface area contributed by atoms with E-state index in [0.717, 1.165) is 5.57 Å². The van der Waals surface area contributed by atoms with Crippen LogP contribution in [0.2, 0.25) is 0 Å². The zero-order valence-corrected chi connectivity index (χ0v) is 6.43. The summed E-state index contributed by atoms with van der Waals surface area (Å²) in [5, 5.41) is 8.39. The Hall–Kier alpha value is -0.860. The lowest BCUT2D eigenvalue weighted by atomic mass is 10.3. The van der Waals surface area contributed by atoms with Crippen molar-refractivity contribution in [2.45, 2.75) is 6.92 Å². The molecule has 2 nitrogen and oxygen atoms in total. The SMILES string of the molecule is C=C.C=C/C(=C\C)CO.O. The second-order valence-corrected chi connectivity index (χ2v) is 1.23. The van der Waals surface area contributed by atoms with Crippen LogP contribution in [0.5, 0.6) is 0 Å². The first-order valence-corrected chi connectivity index (χ1v) is 2.73. The Morgan fingerprint density at radius 2 is 1.90 bits per heavy atom. The minimum atomic E-state index is 0. The highest BCUT2D eigenvalue weighted by Crippen LogP contribution is 1.89. The predicted molar refractivity (Wildman–Crippen MR) is 45.9 cm³/mol. The van der Waals surface area contributed by atoms with Gasteiger partial charge in [0.25, 0.3) is 0 Å². The average Bonchev–Trinajstić information content (AvgIpc) is 1.96. The molecule has 0 saturated heterocycles. The normalized spacial score (nSPS) is 8.40. The fourth-order valence-corrected chi connectivity index (χ4v) is 0.274. The van der Waals surface area contributed by atoms with Crippen molar-refractivity contribution in [2.75, 3.05) is 6.61 Å². The van der Waals surface area contributed by atoms with Crippen LogP contribution in [0.3, 0.4) is 0 Å². The Morgan fingerprint density at radius 1 is 1.50 bits per heavy atom. The van der Waals surface area contributed by atoms with Crippen LogP contribution in [-0.4, -0.2) is 17.2 Å². The number of hydrogen-bond acceptors (Lipinski definition) is 1. The summed E-state index contributed by atoms with van der Waals surface area (Å²) in [6, 6.07) is 0. The van der Waals surface area contributed by atoms with Gasteiger partial charge in [0.2, 0.25) is 0 Å². The third-order valence-electron chi connectivity index (χ3n) is 0.816. The van der Waals surface area contributed by atoms with Crippen LogP contribution in [0, 0.1) is 0 Å². The molecule has 0 aliphatic rings. The molecule has 0 fully saturated rings. The first-order chi connectivity index (χ1) is 4.35. The van der Waals surface area contributed by atoms with Crippen LogP contribution < -0.4 is 0 Å². The molecule has 0 saturated carbocycles. The summed E-state index contributed by atoms with van der Waals surface area (Å²) in [6.45, 7) is 11.4. The maximum Gasteiger partial charge on any atom is 0.0678 e. The Labute approximate surface area is 62.5 Å². The molecule has 0 bridgehead atoms. The highest BCUT2D eigenvalue weighted by molar-refractivity contribution is 5.14. The zero-order chi connectivity index (χ0) is 7.70. The molecule has 0 unspecified atom stereocenters. The Balaban J connectivity index is -0.000000149. The molecule has 0 spiro atoms. The molecular weight excluding hydrogens is 128 g/mol. The molecule has 3 N–H and O–H groups in total. The summed E-state index contributed by atoms with van der Waals surface area (Å²) < 4.78 is 0. The average molecular weight is 144 g/mol. The predicted octanol–water partition coefficient (Wildman–Crippen LogP) is 1.09. The molecule has 0 aromatic heterocycles. The molecule has 0 radical (unpaired) electrons. The van der Waals surface area contributed by atoms with E-state index < -0.39 is 0 Å². The Morgan fingerprint density at radius 3 is 1.90 bits per heavy atom. The summed E-state index contributed by atoms with van der Waals surface area (Å²) in [4.78, 5) is 0. The van der Waals surface area contributed by atoms with E-state index in [-0.39, 0.29) is 12.1 Å². The summed E-state index contributed by atoms with van der Waals surface area (Å²) in [7, 11) is 0. The van der Waals surface area contributed by atoms with Crippen LogP contribution in [0.4, 0.5) is 0 Å². The van der Waals surface area contributed by atoms with Crippen molar-refractivity contribution in [2.24, 2.45) is 0 Å². The van der Waals surface area contributed by atoms with Gasteiger partial charge in [-0.15, -0.1) is 13.2 Å². The van der Waals surface area contributed by atoms with Gasteiger partial charge in [0.1, 0.15) is 0 Å². The van der Waals surface area contributed by atoms with Crippen molar-refractivity contribution < 1.29 is 10.6 Å². The molecule has 0 heterocycles. The van der Waals surface area contributed by atoms with Gasteiger partial charge in [-0.1, -0.05) is 18.7 Å². The van der Waals surface area contributed by atoms with E-state index >= 15 is 0 Å². The van der Waals surface area contributed by atoms with Gasteiger partial charge in [-0.2, -0.15) is 0 Å². The number of aliphatic hydroxyl groups is 1. The molecule has 60 valence electrons. The van der Waals surface area contributed by atoms with Crippen molar-refractivity contribution in [1.29, 1.82) is 0 Å². The summed E-state index contributed by atoms with van der Waals surface area (Å²) in [5.41, 5.74) is 0.875. The van der Waals surface area contributed by atoms with E-state index in [1.54, 1.807) is 6.08 Å². The molecular formula is C8H16O2. The first-order valence-electron chi connectivity index (χ1n) is 2.73. The summed E-state index contributed by atoms with van der Waals surface area (Å²) in [6.07, 6.45) is 3.47. The number of hydrogen-bond donors (Lipinski definition) is 1. The monoisotopic (exact) mass is 144 g/mol. The quantitative estimate of drug-likeness (QED) is 0.457. The van der Waals surface area contributed by atoms with Gasteiger partial charge in [0.05, 0.1) is 6.61 Å². The molecule has 0 aliphatic carbocycles. The highest BCUT2D eigenvalue weighted by Gasteiger charge is 1.78. The fraction of sp³-hybridized carbons (Fsp3) is 0.250. The maximum atomic E-state index is 8.39. The minimum Gasteiger partial charge on any atom is -0.412 e. The fourth-order valence-electron chi connectivity index (χ4n) is 0.274. The zero-order valence-electron chi connectivity index (χ0n) is 6.43. The smallest absolute Gasteiger partial charge is 0.0678 e. The molecule has 0 rings (SSSR count). The lowest BCUT2D eigenvalue weighted by Crippen LogP contribution is -1.81. The van der Waals surface area contributed by atoms with Gasteiger partial charge in [-0.25, -0.2) is 0 Å². The highest BCUT2D eigenvalue weighted by atomic mass is 16.3. The van der Waals surface area contributed by atoms with E-state index in [1.165, 1.54) is 0 Å². The van der Waals surface area contributed by atoms with E-state index in [1.807, 2.05) is 13.0 Å². The van der Waals surface area contributed by atoms with Gasteiger partial charge < -0.3 is 10.6 Å². The number of allylic oxidation sites excluding steroid dienone is 1. The van der Waals surface area contributed by atoms with Gasteiger partial charge in [0, 0.05) is 0 Å². The summed E-state index contributed by atoms with van der Waals surface area (Å²) >= 11 is 0. The van der Waals surface area contributed by atoms with Gasteiger partial charge in [-0.05, 0) is 12.5 Å². The maximum absolute atomic E-state index is 8.39. The number of rotatable bonds is 2. The third kappa shape index (κ3) is 10.2. The minimum absolute atomic E-state index is 0. The molecule has 0 atom stereocenters. The van der Waals surface area contributed by atoms with Crippen molar-refractivity contribution in [3.63, 3.8) is 0 Å². The van der Waals surface area contributed by atoms with E-state index in [2.05, 4.69) is 19.7 Å². The van der Waals surface area contributed by atoms with E-state index in [4.69, 9.17) is 5.11 Å². The molecule has 2 heteroatoms. The van der Waals surface area contributed by atoms with Crippen LogP contribution in [0.15, 0.2) is 37.5 Å². The molecule has 0 aliphatic heterocycles. The Kier molecular flexibility index (Phi) is 25.2. The van der Waals surface area contributed by atoms with Crippen molar-refractivity contribution in [3.8, 4) is 0 Å². The topological polar surface area (TPSA) is 51.7 Å². The molecule has 0 aromatic carbocycles. The second kappa shape index (κ2) is 15.7. The largest absolute Gasteiger partial charge is 0.412 e. The lowest BCUT2D eigenvalue weighted by molar-refractivity contribution is 0.335. The summed E-state index contributed by atoms with van der Waals surface area (Å²) in [5.74, 6) is 0. The van der Waals surface area contributed by atoms with E-state index in [9.17, 15) is 0 Å². The lowest BCUT2D eigenvalue weighted by Gasteiger charge is -1.87. The van der Waals surface area contributed by atoms with Crippen LogP contribution in [-0.2, 0) is 0 Å². The standard InChI is InChI=1S/C6H10O.C2H4.H2O/c1-3-6(4-2)5-7;1-2;/h3-4,7H,1,5H2,2H3;1-2H2;1H2/b6-4+;;.